The Balaban J connectivity index is 1.47. The van der Waals surface area contributed by atoms with E-state index in [1.165, 1.54) is 0 Å². The fraction of sp³-hybridized carbons (Fsp3) is 0.0800. The molecule has 0 bridgehead atoms. The van der Waals surface area contributed by atoms with E-state index >= 15 is 0 Å². The van der Waals surface area contributed by atoms with Crippen LogP contribution in [0.2, 0.25) is 0 Å². The van der Waals surface area contributed by atoms with Crippen LogP contribution in [0, 0.1) is 0 Å². The molecule has 4 rings (SSSR count). The van der Waals surface area contributed by atoms with Gasteiger partial charge >= 0.3 is 0 Å². The third-order valence-electron chi connectivity index (χ3n) is 4.63. The highest BCUT2D eigenvalue weighted by Gasteiger charge is 2.10. The number of ether oxygens (including phenoxy) is 1. The van der Waals surface area contributed by atoms with Crippen molar-refractivity contribution in [3.63, 3.8) is 0 Å². The standard InChI is InChI=1S/C25H21NO2/c27-25(17-21-13-8-12-20-11-4-5-14-22(20)21)26-23-15-6-7-16-24(23)28-18-19-9-2-1-3-10-19/h1-16H,17-18H2,(H,26,27). The smallest absolute Gasteiger partial charge is 0.228 e. The van der Waals surface area contributed by atoms with Crippen LogP contribution in [0.4, 0.5) is 5.69 Å². The van der Waals surface area contributed by atoms with Gasteiger partial charge in [0.15, 0.2) is 0 Å². The summed E-state index contributed by atoms with van der Waals surface area (Å²) in [4.78, 5) is 12.7. The van der Waals surface area contributed by atoms with Crippen LogP contribution in [0.3, 0.4) is 0 Å². The highest BCUT2D eigenvalue weighted by molar-refractivity contribution is 5.97. The van der Waals surface area contributed by atoms with Crippen molar-refractivity contribution >= 4 is 22.4 Å². The van der Waals surface area contributed by atoms with E-state index in [2.05, 4.69) is 23.5 Å². The first-order valence-corrected chi connectivity index (χ1v) is 9.32. The molecule has 0 saturated carbocycles. The molecule has 0 heterocycles. The van der Waals surface area contributed by atoms with Gasteiger partial charge in [0, 0.05) is 0 Å². The summed E-state index contributed by atoms with van der Waals surface area (Å²) in [6, 6.07) is 31.7. The Morgan fingerprint density at radius 1 is 0.750 bits per heavy atom. The van der Waals surface area contributed by atoms with Crippen molar-refractivity contribution in [2.75, 3.05) is 5.32 Å². The monoisotopic (exact) mass is 367 g/mol. The molecule has 28 heavy (non-hydrogen) atoms. The maximum absolute atomic E-state index is 12.7. The van der Waals surface area contributed by atoms with E-state index in [0.29, 0.717) is 24.5 Å². The Morgan fingerprint density at radius 3 is 2.36 bits per heavy atom. The molecule has 4 aromatic carbocycles. The van der Waals surface area contributed by atoms with Gasteiger partial charge in [-0.15, -0.1) is 0 Å². The van der Waals surface area contributed by atoms with Gasteiger partial charge in [0.05, 0.1) is 12.1 Å². The largest absolute Gasteiger partial charge is 0.487 e. The lowest BCUT2D eigenvalue weighted by atomic mass is 10.0. The Morgan fingerprint density at radius 2 is 1.46 bits per heavy atom. The topological polar surface area (TPSA) is 38.3 Å². The summed E-state index contributed by atoms with van der Waals surface area (Å²) in [5, 5.41) is 5.24. The lowest BCUT2D eigenvalue weighted by molar-refractivity contribution is -0.115. The number of rotatable bonds is 6. The molecule has 0 atom stereocenters. The lowest BCUT2D eigenvalue weighted by Crippen LogP contribution is -2.15. The first-order valence-electron chi connectivity index (χ1n) is 9.32. The second-order valence-electron chi connectivity index (χ2n) is 6.63. The fourth-order valence-electron chi connectivity index (χ4n) is 3.25. The number of hydrogen-bond acceptors (Lipinski definition) is 2. The second-order valence-corrected chi connectivity index (χ2v) is 6.63. The molecule has 0 aliphatic carbocycles. The summed E-state index contributed by atoms with van der Waals surface area (Å²) in [5.74, 6) is 0.602. The third-order valence-corrected chi connectivity index (χ3v) is 4.63. The number of benzene rings is 4. The molecular weight excluding hydrogens is 346 g/mol. The van der Waals surface area contributed by atoms with E-state index in [9.17, 15) is 4.79 Å². The molecule has 0 spiro atoms. The Bertz CT molecular complexity index is 1080. The maximum Gasteiger partial charge on any atom is 0.228 e. The van der Waals surface area contributed by atoms with Crippen LogP contribution in [-0.2, 0) is 17.8 Å². The van der Waals surface area contributed by atoms with Crippen molar-refractivity contribution in [3.05, 3.63) is 108 Å². The third kappa shape index (κ3) is 4.21. The summed E-state index contributed by atoms with van der Waals surface area (Å²) in [6.45, 7) is 0.455. The van der Waals surface area contributed by atoms with Crippen LogP contribution in [0.15, 0.2) is 97.1 Å². The molecule has 1 amide bonds. The first-order chi connectivity index (χ1) is 13.8. The summed E-state index contributed by atoms with van der Waals surface area (Å²) >= 11 is 0. The van der Waals surface area contributed by atoms with E-state index in [0.717, 1.165) is 21.9 Å². The van der Waals surface area contributed by atoms with Gasteiger partial charge in [-0.3, -0.25) is 4.79 Å². The number of carbonyl (C=O) groups is 1. The van der Waals surface area contributed by atoms with E-state index < -0.39 is 0 Å². The molecule has 0 aliphatic heterocycles. The molecule has 138 valence electrons. The second kappa shape index (κ2) is 8.40. The summed E-state index contributed by atoms with van der Waals surface area (Å²) in [6.07, 6.45) is 0.314. The Kier molecular flexibility index (Phi) is 5.34. The van der Waals surface area contributed by atoms with Gasteiger partial charge in [0.2, 0.25) is 5.91 Å². The Labute approximate surface area is 164 Å². The number of carbonyl (C=O) groups excluding carboxylic acids is 1. The van der Waals surface area contributed by atoms with Crippen LogP contribution in [0.1, 0.15) is 11.1 Å². The van der Waals surface area contributed by atoms with Crippen LogP contribution in [0.25, 0.3) is 10.8 Å². The number of amides is 1. The zero-order chi connectivity index (χ0) is 19.2. The predicted molar refractivity (Wildman–Crippen MR) is 113 cm³/mol. The number of fused-ring (bicyclic) bond motifs is 1. The number of anilines is 1. The normalized spacial score (nSPS) is 10.6. The molecule has 4 aromatic rings. The number of hydrogen-bond donors (Lipinski definition) is 1. The van der Waals surface area contributed by atoms with Crippen molar-refractivity contribution in [2.45, 2.75) is 13.0 Å². The average molecular weight is 367 g/mol. The quantitative estimate of drug-likeness (QED) is 0.482. The molecule has 0 unspecified atom stereocenters. The van der Waals surface area contributed by atoms with Gasteiger partial charge in [-0.05, 0) is 34.0 Å². The van der Waals surface area contributed by atoms with E-state index in [-0.39, 0.29) is 5.91 Å². The minimum Gasteiger partial charge on any atom is -0.487 e. The molecule has 3 nitrogen and oxygen atoms in total. The van der Waals surface area contributed by atoms with Crippen molar-refractivity contribution in [3.8, 4) is 5.75 Å². The zero-order valence-electron chi connectivity index (χ0n) is 15.5. The first kappa shape index (κ1) is 17.8. The maximum atomic E-state index is 12.7. The van der Waals surface area contributed by atoms with Crippen LogP contribution in [0.5, 0.6) is 5.75 Å². The summed E-state index contributed by atoms with van der Waals surface area (Å²) < 4.78 is 5.93. The minimum atomic E-state index is -0.0629. The van der Waals surface area contributed by atoms with Gasteiger partial charge in [0.1, 0.15) is 12.4 Å². The van der Waals surface area contributed by atoms with Crippen LogP contribution < -0.4 is 10.1 Å². The van der Waals surface area contributed by atoms with Gasteiger partial charge < -0.3 is 10.1 Å². The van der Waals surface area contributed by atoms with E-state index in [1.807, 2.05) is 78.9 Å². The Hall–Kier alpha value is -3.59. The van der Waals surface area contributed by atoms with Crippen molar-refractivity contribution in [1.29, 1.82) is 0 Å². The highest BCUT2D eigenvalue weighted by atomic mass is 16.5. The molecular formula is C25H21NO2. The molecule has 3 heteroatoms. The molecule has 1 N–H and O–H groups in total. The number of para-hydroxylation sites is 2. The summed E-state index contributed by atoms with van der Waals surface area (Å²) in [5.41, 5.74) is 2.78. The van der Waals surface area contributed by atoms with Crippen molar-refractivity contribution in [1.82, 2.24) is 0 Å². The molecule has 0 aromatic heterocycles. The summed E-state index contributed by atoms with van der Waals surface area (Å²) in [7, 11) is 0. The molecule has 0 fully saturated rings. The van der Waals surface area contributed by atoms with Crippen LogP contribution >= 0.6 is 0 Å². The van der Waals surface area contributed by atoms with Gasteiger partial charge in [0.25, 0.3) is 0 Å². The lowest BCUT2D eigenvalue weighted by Gasteiger charge is -2.13. The van der Waals surface area contributed by atoms with Gasteiger partial charge in [-0.25, -0.2) is 0 Å². The predicted octanol–water partition coefficient (Wildman–Crippen LogP) is 5.60. The average Bonchev–Trinajstić information content (AvgIpc) is 2.74. The van der Waals surface area contributed by atoms with Gasteiger partial charge in [-0.1, -0.05) is 84.9 Å². The molecule has 0 saturated heterocycles. The molecule has 0 radical (unpaired) electrons. The zero-order valence-corrected chi connectivity index (χ0v) is 15.5. The van der Waals surface area contributed by atoms with Gasteiger partial charge in [-0.2, -0.15) is 0 Å². The highest BCUT2D eigenvalue weighted by Crippen LogP contribution is 2.25. The minimum absolute atomic E-state index is 0.0629. The SMILES string of the molecule is O=C(Cc1cccc2ccccc12)Nc1ccccc1OCc1ccccc1. The van der Waals surface area contributed by atoms with E-state index in [4.69, 9.17) is 4.74 Å². The fourth-order valence-corrected chi connectivity index (χ4v) is 3.25. The molecule has 0 aliphatic rings. The van der Waals surface area contributed by atoms with Crippen molar-refractivity contribution < 1.29 is 9.53 Å². The number of nitrogens with one attached hydrogen (secondary N) is 1. The van der Waals surface area contributed by atoms with Crippen LogP contribution in [-0.4, -0.2) is 5.91 Å². The van der Waals surface area contributed by atoms with Crippen molar-refractivity contribution in [2.24, 2.45) is 0 Å². The van der Waals surface area contributed by atoms with E-state index in [1.54, 1.807) is 0 Å².